The van der Waals surface area contributed by atoms with Gasteiger partial charge in [0.1, 0.15) is 6.29 Å². The highest BCUT2D eigenvalue weighted by molar-refractivity contribution is 5.59. The van der Waals surface area contributed by atoms with Crippen LogP contribution in [0.15, 0.2) is 12.1 Å². The predicted molar refractivity (Wildman–Crippen MR) is 60.6 cm³/mol. The van der Waals surface area contributed by atoms with Crippen LogP contribution in [-0.4, -0.2) is 25.4 Å². The molecule has 0 bridgehead atoms. The van der Waals surface area contributed by atoms with E-state index in [1.54, 1.807) is 6.07 Å². The van der Waals surface area contributed by atoms with Gasteiger partial charge in [0, 0.05) is 12.5 Å². The molecule has 0 aliphatic rings. The summed E-state index contributed by atoms with van der Waals surface area (Å²) in [6, 6.07) is 3.03. The normalized spacial score (nSPS) is 9.76. The number of nitro benzene ring substituents is 1. The Balaban J connectivity index is 3.24. The van der Waals surface area contributed by atoms with Crippen molar-refractivity contribution in [2.75, 3.05) is 14.2 Å². The zero-order chi connectivity index (χ0) is 12.8. The molecule has 0 N–H and O–H groups in total. The van der Waals surface area contributed by atoms with E-state index in [1.807, 2.05) is 0 Å². The van der Waals surface area contributed by atoms with Gasteiger partial charge in [0.25, 0.3) is 0 Å². The number of rotatable bonds is 6. The van der Waals surface area contributed by atoms with Crippen LogP contribution in [0.5, 0.6) is 11.5 Å². The van der Waals surface area contributed by atoms with E-state index in [0.29, 0.717) is 24.2 Å². The van der Waals surface area contributed by atoms with Crippen molar-refractivity contribution < 1.29 is 19.2 Å². The zero-order valence-corrected chi connectivity index (χ0v) is 9.63. The van der Waals surface area contributed by atoms with Crippen LogP contribution in [0.3, 0.4) is 0 Å². The van der Waals surface area contributed by atoms with Crippen LogP contribution in [0.2, 0.25) is 0 Å². The van der Waals surface area contributed by atoms with Gasteiger partial charge in [-0.25, -0.2) is 0 Å². The maximum absolute atomic E-state index is 10.9. The van der Waals surface area contributed by atoms with Gasteiger partial charge in [-0.15, -0.1) is 0 Å². The average molecular weight is 239 g/mol. The molecular formula is C11H13NO5. The van der Waals surface area contributed by atoms with Crippen molar-refractivity contribution in [3.8, 4) is 11.5 Å². The minimum atomic E-state index is -0.536. The Morgan fingerprint density at radius 1 is 1.35 bits per heavy atom. The van der Waals surface area contributed by atoms with Crippen molar-refractivity contribution in [1.82, 2.24) is 0 Å². The molecule has 0 radical (unpaired) electrons. The van der Waals surface area contributed by atoms with E-state index in [9.17, 15) is 14.9 Å². The molecule has 0 saturated carbocycles. The fraction of sp³-hybridized carbons (Fsp3) is 0.364. The fourth-order valence-corrected chi connectivity index (χ4v) is 1.51. The lowest BCUT2D eigenvalue weighted by atomic mass is 10.1. The van der Waals surface area contributed by atoms with Crippen LogP contribution in [-0.2, 0) is 11.2 Å². The molecule has 0 atom stereocenters. The summed E-state index contributed by atoms with van der Waals surface area (Å²) in [5.41, 5.74) is 0.509. The molecule has 0 spiro atoms. The van der Waals surface area contributed by atoms with Crippen molar-refractivity contribution in [2.45, 2.75) is 12.8 Å². The molecule has 0 fully saturated rings. The second-order valence-electron chi connectivity index (χ2n) is 3.31. The summed E-state index contributed by atoms with van der Waals surface area (Å²) in [6.07, 6.45) is 1.51. The van der Waals surface area contributed by atoms with Crippen LogP contribution in [0, 0.1) is 10.1 Å². The van der Waals surface area contributed by atoms with Crippen LogP contribution in [0.25, 0.3) is 0 Å². The molecule has 6 heteroatoms. The topological polar surface area (TPSA) is 78.7 Å². The minimum Gasteiger partial charge on any atom is -0.493 e. The zero-order valence-electron chi connectivity index (χ0n) is 9.63. The summed E-state index contributed by atoms with van der Waals surface area (Å²) < 4.78 is 9.98. The number of nitro groups is 1. The number of benzene rings is 1. The molecule has 0 amide bonds. The Bertz CT molecular complexity index is 430. The van der Waals surface area contributed by atoms with Crippen LogP contribution in [0.4, 0.5) is 5.69 Å². The molecule has 1 rings (SSSR count). The number of methoxy groups -OCH3 is 2. The highest BCUT2D eigenvalue weighted by atomic mass is 16.6. The number of hydrogen-bond donors (Lipinski definition) is 0. The molecule has 1 aromatic rings. The minimum absolute atomic E-state index is 0.0901. The number of ether oxygens (including phenoxy) is 2. The third kappa shape index (κ3) is 2.93. The second kappa shape index (κ2) is 5.83. The van der Waals surface area contributed by atoms with Crippen molar-refractivity contribution in [3.63, 3.8) is 0 Å². The molecule has 6 nitrogen and oxygen atoms in total. The SMILES string of the molecule is COc1cc(CCC=O)cc([N+](=O)[O-])c1OC. The molecule has 0 aliphatic carbocycles. The molecule has 1 aromatic carbocycles. The lowest BCUT2D eigenvalue weighted by Crippen LogP contribution is -1.99. The standard InChI is InChI=1S/C11H13NO5/c1-16-10-7-8(4-3-5-13)6-9(12(14)15)11(10)17-2/h5-7H,3-4H2,1-2H3. The first-order chi connectivity index (χ1) is 8.13. The van der Waals surface area contributed by atoms with Crippen molar-refractivity contribution >= 4 is 12.0 Å². The highest BCUT2D eigenvalue weighted by Crippen LogP contribution is 2.38. The van der Waals surface area contributed by atoms with Gasteiger partial charge in [-0.05, 0) is 18.1 Å². The molecule has 0 unspecified atom stereocenters. The third-order valence-corrected chi connectivity index (χ3v) is 2.27. The first-order valence-electron chi connectivity index (χ1n) is 4.97. The van der Waals surface area contributed by atoms with Gasteiger partial charge in [-0.2, -0.15) is 0 Å². The number of aryl methyl sites for hydroxylation is 1. The Kier molecular flexibility index (Phi) is 4.45. The lowest BCUT2D eigenvalue weighted by molar-refractivity contribution is -0.385. The Morgan fingerprint density at radius 2 is 2.06 bits per heavy atom. The Morgan fingerprint density at radius 3 is 2.53 bits per heavy atom. The highest BCUT2D eigenvalue weighted by Gasteiger charge is 2.21. The molecule has 0 heterocycles. The number of carbonyl (C=O) groups excluding carboxylic acids is 1. The van der Waals surface area contributed by atoms with Crippen LogP contribution in [0.1, 0.15) is 12.0 Å². The average Bonchev–Trinajstić information content (AvgIpc) is 2.34. The van der Waals surface area contributed by atoms with Crippen LogP contribution >= 0.6 is 0 Å². The van der Waals surface area contributed by atoms with E-state index in [2.05, 4.69) is 0 Å². The van der Waals surface area contributed by atoms with E-state index in [4.69, 9.17) is 9.47 Å². The predicted octanol–water partition coefficient (Wildman–Crippen LogP) is 1.74. The van der Waals surface area contributed by atoms with Gasteiger partial charge in [0.05, 0.1) is 19.1 Å². The fourth-order valence-electron chi connectivity index (χ4n) is 1.51. The summed E-state index contributed by atoms with van der Waals surface area (Å²) in [5, 5.41) is 10.9. The second-order valence-corrected chi connectivity index (χ2v) is 3.31. The Hall–Kier alpha value is -2.11. The van der Waals surface area contributed by atoms with E-state index >= 15 is 0 Å². The van der Waals surface area contributed by atoms with Crippen molar-refractivity contribution in [1.29, 1.82) is 0 Å². The van der Waals surface area contributed by atoms with E-state index in [0.717, 1.165) is 6.29 Å². The van der Waals surface area contributed by atoms with Gasteiger partial charge in [0.15, 0.2) is 5.75 Å². The maximum atomic E-state index is 10.9. The molecular weight excluding hydrogens is 226 g/mol. The van der Waals surface area contributed by atoms with Gasteiger partial charge >= 0.3 is 5.69 Å². The molecule has 0 saturated heterocycles. The number of aldehydes is 1. The summed E-state index contributed by atoms with van der Waals surface area (Å²) in [5.74, 6) is 0.384. The van der Waals surface area contributed by atoms with Gasteiger partial charge < -0.3 is 14.3 Å². The van der Waals surface area contributed by atoms with Crippen molar-refractivity contribution in [2.24, 2.45) is 0 Å². The third-order valence-electron chi connectivity index (χ3n) is 2.27. The van der Waals surface area contributed by atoms with E-state index in [1.165, 1.54) is 20.3 Å². The van der Waals surface area contributed by atoms with E-state index < -0.39 is 4.92 Å². The quantitative estimate of drug-likeness (QED) is 0.429. The van der Waals surface area contributed by atoms with Gasteiger partial charge in [0.2, 0.25) is 5.75 Å². The largest absolute Gasteiger partial charge is 0.493 e. The Labute approximate surface area is 98.3 Å². The van der Waals surface area contributed by atoms with Gasteiger partial charge in [-0.3, -0.25) is 10.1 Å². The monoisotopic (exact) mass is 239 g/mol. The molecule has 92 valence electrons. The summed E-state index contributed by atoms with van der Waals surface area (Å²) in [4.78, 5) is 20.6. The van der Waals surface area contributed by atoms with Gasteiger partial charge in [-0.1, -0.05) is 0 Å². The summed E-state index contributed by atoms with van der Waals surface area (Å²) in [7, 11) is 2.75. The van der Waals surface area contributed by atoms with Crippen LogP contribution < -0.4 is 9.47 Å². The number of nitrogens with zero attached hydrogens (tertiary/aromatic N) is 1. The maximum Gasteiger partial charge on any atom is 0.315 e. The number of hydrogen-bond acceptors (Lipinski definition) is 5. The first-order valence-corrected chi connectivity index (χ1v) is 4.97. The molecule has 0 aliphatic heterocycles. The van der Waals surface area contributed by atoms with Crippen molar-refractivity contribution in [3.05, 3.63) is 27.8 Å². The lowest BCUT2D eigenvalue weighted by Gasteiger charge is -2.09. The smallest absolute Gasteiger partial charge is 0.315 e. The number of carbonyl (C=O) groups is 1. The summed E-state index contributed by atoms with van der Waals surface area (Å²) in [6.45, 7) is 0. The summed E-state index contributed by atoms with van der Waals surface area (Å²) >= 11 is 0. The molecule has 17 heavy (non-hydrogen) atoms. The molecule has 0 aromatic heterocycles. The van der Waals surface area contributed by atoms with E-state index in [-0.39, 0.29) is 11.4 Å². The first kappa shape index (κ1) is 13.0.